The van der Waals surface area contributed by atoms with Crippen molar-refractivity contribution in [2.75, 3.05) is 0 Å². The molecule has 144 valence electrons. The SMILES string of the molecule is C#C[C@]1(O)CC[C@@H]2[C@@H]3CCc4cc(OC5CCCC5)ccc4[C@H]3CC[C@@]21C. The van der Waals surface area contributed by atoms with Crippen LogP contribution in [0.5, 0.6) is 5.75 Å². The summed E-state index contributed by atoms with van der Waals surface area (Å²) < 4.78 is 6.25. The Bertz CT molecular complexity index is 771. The lowest BCUT2D eigenvalue weighted by Gasteiger charge is -2.52. The molecule has 0 radical (unpaired) electrons. The Balaban J connectivity index is 1.40. The zero-order valence-electron chi connectivity index (χ0n) is 16.5. The van der Waals surface area contributed by atoms with Crippen LogP contribution in [0.4, 0.5) is 0 Å². The fourth-order valence-corrected chi connectivity index (χ4v) is 7.08. The maximum Gasteiger partial charge on any atom is 0.130 e. The van der Waals surface area contributed by atoms with Crippen molar-refractivity contribution in [2.24, 2.45) is 17.3 Å². The van der Waals surface area contributed by atoms with Crippen LogP contribution >= 0.6 is 0 Å². The largest absolute Gasteiger partial charge is 0.490 e. The standard InChI is InChI=1S/C25H32O2/c1-3-25(26)15-13-23-22-10-8-17-16-19(27-18-6-4-5-7-18)9-11-20(17)21(22)12-14-24(23,25)2/h1,9,11,16,18,21-23,26H,4-8,10,12-15H2,2H3/t21-,22-,23-,24+,25+/m1/s1. The third-order valence-corrected chi connectivity index (χ3v) is 8.69. The quantitative estimate of drug-likeness (QED) is 0.728. The highest BCUT2D eigenvalue weighted by Gasteiger charge is 2.61. The van der Waals surface area contributed by atoms with Gasteiger partial charge in [-0.15, -0.1) is 6.42 Å². The number of hydrogen-bond acceptors (Lipinski definition) is 2. The van der Waals surface area contributed by atoms with Crippen molar-refractivity contribution in [3.05, 3.63) is 29.3 Å². The van der Waals surface area contributed by atoms with Gasteiger partial charge in [-0.1, -0.05) is 18.9 Å². The van der Waals surface area contributed by atoms with Gasteiger partial charge in [0.1, 0.15) is 11.4 Å². The van der Waals surface area contributed by atoms with E-state index in [1.807, 2.05) is 0 Å². The molecule has 27 heavy (non-hydrogen) atoms. The molecule has 1 N–H and O–H groups in total. The number of ether oxygens (including phenoxy) is 1. The van der Waals surface area contributed by atoms with Gasteiger partial charge in [0.2, 0.25) is 0 Å². The fraction of sp³-hybridized carbons (Fsp3) is 0.680. The lowest BCUT2D eigenvalue weighted by atomic mass is 9.53. The first-order valence-electron chi connectivity index (χ1n) is 11.0. The average Bonchev–Trinajstić information content (AvgIpc) is 3.28. The van der Waals surface area contributed by atoms with E-state index < -0.39 is 5.60 Å². The molecule has 5 rings (SSSR count). The molecule has 5 atom stereocenters. The molecule has 0 aliphatic heterocycles. The molecule has 0 saturated heterocycles. The molecular weight excluding hydrogens is 332 g/mol. The fourth-order valence-electron chi connectivity index (χ4n) is 7.08. The minimum Gasteiger partial charge on any atom is -0.490 e. The number of benzene rings is 1. The van der Waals surface area contributed by atoms with Crippen LogP contribution < -0.4 is 4.74 Å². The predicted octanol–water partition coefficient (Wildman–Crippen LogP) is 5.23. The summed E-state index contributed by atoms with van der Waals surface area (Å²) in [5, 5.41) is 11.1. The molecule has 3 fully saturated rings. The molecule has 4 aliphatic carbocycles. The van der Waals surface area contributed by atoms with E-state index in [1.54, 1.807) is 5.56 Å². The summed E-state index contributed by atoms with van der Waals surface area (Å²) in [7, 11) is 0. The molecule has 0 aromatic heterocycles. The second-order valence-corrected chi connectivity index (χ2v) is 9.80. The average molecular weight is 365 g/mol. The summed E-state index contributed by atoms with van der Waals surface area (Å²) in [6, 6.07) is 6.88. The second kappa shape index (κ2) is 6.28. The van der Waals surface area contributed by atoms with Gasteiger partial charge in [0.15, 0.2) is 0 Å². The van der Waals surface area contributed by atoms with Crippen molar-refractivity contribution in [3.8, 4) is 18.1 Å². The van der Waals surface area contributed by atoms with Crippen LogP contribution in [0.15, 0.2) is 18.2 Å². The summed E-state index contributed by atoms with van der Waals surface area (Å²) in [4.78, 5) is 0. The van der Waals surface area contributed by atoms with Crippen molar-refractivity contribution < 1.29 is 9.84 Å². The molecule has 1 aromatic carbocycles. The van der Waals surface area contributed by atoms with Crippen LogP contribution in [-0.4, -0.2) is 16.8 Å². The van der Waals surface area contributed by atoms with Gasteiger partial charge in [-0.05, 0) is 105 Å². The molecule has 2 nitrogen and oxygen atoms in total. The van der Waals surface area contributed by atoms with Crippen molar-refractivity contribution in [1.82, 2.24) is 0 Å². The van der Waals surface area contributed by atoms with Gasteiger partial charge in [0.05, 0.1) is 6.10 Å². The maximum atomic E-state index is 11.1. The summed E-state index contributed by atoms with van der Waals surface area (Å²) >= 11 is 0. The summed E-state index contributed by atoms with van der Waals surface area (Å²) in [5.41, 5.74) is 2.04. The highest BCUT2D eigenvalue weighted by Crippen LogP contribution is 2.64. The Labute approximate surface area is 163 Å². The predicted molar refractivity (Wildman–Crippen MR) is 108 cm³/mol. The Hall–Kier alpha value is -1.46. The highest BCUT2D eigenvalue weighted by molar-refractivity contribution is 5.41. The maximum absolute atomic E-state index is 11.1. The van der Waals surface area contributed by atoms with E-state index in [0.29, 0.717) is 23.9 Å². The van der Waals surface area contributed by atoms with Crippen molar-refractivity contribution in [3.63, 3.8) is 0 Å². The zero-order chi connectivity index (χ0) is 18.6. The van der Waals surface area contributed by atoms with Crippen LogP contribution in [0.2, 0.25) is 0 Å². The van der Waals surface area contributed by atoms with Crippen LogP contribution in [0.25, 0.3) is 0 Å². The van der Waals surface area contributed by atoms with E-state index in [9.17, 15) is 5.11 Å². The molecule has 0 unspecified atom stereocenters. The number of rotatable bonds is 2. The minimum absolute atomic E-state index is 0.105. The molecule has 0 bridgehead atoms. The van der Waals surface area contributed by atoms with Crippen LogP contribution in [0.3, 0.4) is 0 Å². The van der Waals surface area contributed by atoms with Gasteiger partial charge in [-0.25, -0.2) is 0 Å². The first-order valence-corrected chi connectivity index (χ1v) is 11.0. The van der Waals surface area contributed by atoms with Gasteiger partial charge in [0, 0.05) is 5.41 Å². The molecule has 0 spiro atoms. The Kier molecular flexibility index (Phi) is 4.10. The highest BCUT2D eigenvalue weighted by atomic mass is 16.5. The van der Waals surface area contributed by atoms with Crippen LogP contribution in [0.1, 0.15) is 81.8 Å². The van der Waals surface area contributed by atoms with Crippen molar-refractivity contribution in [2.45, 2.75) is 88.8 Å². The minimum atomic E-state index is -0.901. The molecule has 3 saturated carbocycles. The number of aryl methyl sites for hydroxylation is 1. The second-order valence-electron chi connectivity index (χ2n) is 9.80. The lowest BCUT2D eigenvalue weighted by Crippen LogP contribution is -2.50. The normalized spacial score (nSPS) is 40.7. The summed E-state index contributed by atoms with van der Waals surface area (Å²) in [5.74, 6) is 5.70. The van der Waals surface area contributed by atoms with E-state index in [4.69, 9.17) is 11.2 Å². The number of hydrogen-bond donors (Lipinski definition) is 1. The number of aliphatic hydroxyl groups is 1. The first kappa shape index (κ1) is 17.6. The van der Waals surface area contributed by atoms with Crippen molar-refractivity contribution >= 4 is 0 Å². The monoisotopic (exact) mass is 364 g/mol. The van der Waals surface area contributed by atoms with Gasteiger partial charge in [-0.2, -0.15) is 0 Å². The van der Waals surface area contributed by atoms with Crippen LogP contribution in [0, 0.1) is 29.6 Å². The molecule has 0 amide bonds. The van der Waals surface area contributed by atoms with E-state index in [-0.39, 0.29) is 5.41 Å². The Morgan fingerprint density at radius 2 is 1.93 bits per heavy atom. The van der Waals surface area contributed by atoms with Gasteiger partial charge in [-0.3, -0.25) is 0 Å². The molecule has 2 heteroatoms. The molecule has 4 aliphatic rings. The third kappa shape index (κ3) is 2.58. The van der Waals surface area contributed by atoms with Gasteiger partial charge >= 0.3 is 0 Å². The first-order chi connectivity index (χ1) is 13.0. The Morgan fingerprint density at radius 1 is 1.11 bits per heavy atom. The summed E-state index contributed by atoms with van der Waals surface area (Å²) in [6.45, 7) is 2.26. The smallest absolute Gasteiger partial charge is 0.130 e. The van der Waals surface area contributed by atoms with Gasteiger partial charge in [0.25, 0.3) is 0 Å². The lowest BCUT2D eigenvalue weighted by molar-refractivity contribution is -0.0647. The Morgan fingerprint density at radius 3 is 2.70 bits per heavy atom. The summed E-state index contributed by atoms with van der Waals surface area (Å²) in [6.07, 6.45) is 17.6. The van der Waals surface area contributed by atoms with E-state index in [0.717, 1.165) is 37.9 Å². The van der Waals surface area contributed by atoms with E-state index in [1.165, 1.54) is 37.7 Å². The topological polar surface area (TPSA) is 29.5 Å². The van der Waals surface area contributed by atoms with E-state index in [2.05, 4.69) is 31.0 Å². The number of terminal acetylenes is 1. The van der Waals surface area contributed by atoms with E-state index >= 15 is 0 Å². The number of fused-ring (bicyclic) bond motifs is 5. The van der Waals surface area contributed by atoms with Crippen molar-refractivity contribution in [1.29, 1.82) is 0 Å². The molecule has 0 heterocycles. The zero-order valence-corrected chi connectivity index (χ0v) is 16.5. The molecule has 1 aromatic rings. The van der Waals surface area contributed by atoms with Crippen LogP contribution in [-0.2, 0) is 6.42 Å². The van der Waals surface area contributed by atoms with Gasteiger partial charge < -0.3 is 9.84 Å². The molecular formula is C25H32O2. The third-order valence-electron chi connectivity index (χ3n) is 8.69.